The van der Waals surface area contributed by atoms with Gasteiger partial charge in [0.15, 0.2) is 5.82 Å². The minimum absolute atomic E-state index is 0.457. The smallest absolute Gasteiger partial charge is 0.152 e. The first-order valence-electron chi connectivity index (χ1n) is 7.77. The molecule has 2 heterocycles. The first-order chi connectivity index (χ1) is 12.1. The number of anilines is 2. The highest BCUT2D eigenvalue weighted by atomic mass is 32.2. The SMILES string of the molecule is CSc1ncnc(Nc2cccc(Cn3nc(C)cc3C)c2)c1C#N. The molecule has 0 aliphatic rings. The van der Waals surface area contributed by atoms with Crippen molar-refractivity contribution in [1.29, 1.82) is 5.26 Å². The monoisotopic (exact) mass is 350 g/mol. The molecule has 0 bridgehead atoms. The summed E-state index contributed by atoms with van der Waals surface area (Å²) in [7, 11) is 0. The van der Waals surface area contributed by atoms with E-state index in [1.54, 1.807) is 0 Å². The van der Waals surface area contributed by atoms with Gasteiger partial charge in [0.1, 0.15) is 23.0 Å². The Morgan fingerprint density at radius 1 is 1.24 bits per heavy atom. The summed E-state index contributed by atoms with van der Waals surface area (Å²) < 4.78 is 1.98. The summed E-state index contributed by atoms with van der Waals surface area (Å²) in [5.41, 5.74) is 4.59. The maximum absolute atomic E-state index is 9.40. The second kappa shape index (κ2) is 7.36. The van der Waals surface area contributed by atoms with Crippen LogP contribution in [0, 0.1) is 25.2 Å². The summed E-state index contributed by atoms with van der Waals surface area (Å²) in [6.45, 7) is 4.73. The van der Waals surface area contributed by atoms with E-state index in [0.29, 0.717) is 23.0 Å². The first-order valence-corrected chi connectivity index (χ1v) is 8.99. The van der Waals surface area contributed by atoms with Crippen molar-refractivity contribution in [2.24, 2.45) is 0 Å². The highest BCUT2D eigenvalue weighted by Crippen LogP contribution is 2.25. The van der Waals surface area contributed by atoms with E-state index in [1.807, 2.05) is 43.0 Å². The Hall–Kier alpha value is -2.85. The number of thioether (sulfide) groups is 1. The summed E-state index contributed by atoms with van der Waals surface area (Å²) in [6.07, 6.45) is 3.36. The van der Waals surface area contributed by atoms with Crippen molar-refractivity contribution in [3.8, 4) is 6.07 Å². The van der Waals surface area contributed by atoms with Crippen LogP contribution in [0.2, 0.25) is 0 Å². The number of aromatic nitrogens is 4. The average molecular weight is 350 g/mol. The van der Waals surface area contributed by atoms with Crippen LogP contribution in [-0.2, 0) is 6.54 Å². The molecule has 0 amide bonds. The molecule has 25 heavy (non-hydrogen) atoms. The molecule has 0 aliphatic carbocycles. The molecule has 126 valence electrons. The zero-order chi connectivity index (χ0) is 17.8. The van der Waals surface area contributed by atoms with E-state index in [2.05, 4.69) is 38.6 Å². The molecule has 0 fully saturated rings. The molecule has 0 atom stereocenters. The fourth-order valence-corrected chi connectivity index (χ4v) is 3.11. The molecular weight excluding hydrogens is 332 g/mol. The lowest BCUT2D eigenvalue weighted by Gasteiger charge is -2.11. The van der Waals surface area contributed by atoms with Crippen molar-refractivity contribution in [1.82, 2.24) is 19.7 Å². The number of benzene rings is 1. The van der Waals surface area contributed by atoms with Crippen molar-refractivity contribution < 1.29 is 0 Å². The van der Waals surface area contributed by atoms with Crippen molar-refractivity contribution in [2.75, 3.05) is 11.6 Å². The molecule has 0 aliphatic heterocycles. The van der Waals surface area contributed by atoms with E-state index in [4.69, 9.17) is 0 Å². The van der Waals surface area contributed by atoms with E-state index in [-0.39, 0.29) is 0 Å². The molecule has 7 heteroatoms. The Bertz CT molecular complexity index is 941. The predicted octanol–water partition coefficient (Wildman–Crippen LogP) is 3.68. The molecule has 1 N–H and O–H groups in total. The summed E-state index contributed by atoms with van der Waals surface area (Å²) >= 11 is 1.43. The zero-order valence-corrected chi connectivity index (χ0v) is 15.1. The van der Waals surface area contributed by atoms with Gasteiger partial charge in [0, 0.05) is 11.4 Å². The Balaban J connectivity index is 1.86. The van der Waals surface area contributed by atoms with Crippen molar-refractivity contribution in [3.63, 3.8) is 0 Å². The molecular formula is C18H18N6S. The van der Waals surface area contributed by atoms with Crippen molar-refractivity contribution in [2.45, 2.75) is 25.4 Å². The summed E-state index contributed by atoms with van der Waals surface area (Å²) in [5.74, 6) is 0.519. The predicted molar refractivity (Wildman–Crippen MR) is 99.1 cm³/mol. The average Bonchev–Trinajstić information content (AvgIpc) is 2.92. The van der Waals surface area contributed by atoms with E-state index in [0.717, 1.165) is 22.6 Å². The topological polar surface area (TPSA) is 79.4 Å². The number of nitrogens with zero attached hydrogens (tertiary/aromatic N) is 5. The minimum atomic E-state index is 0.457. The fraction of sp³-hybridized carbons (Fsp3) is 0.222. The van der Waals surface area contributed by atoms with Crippen LogP contribution >= 0.6 is 11.8 Å². The van der Waals surface area contributed by atoms with Crippen LogP contribution in [0.25, 0.3) is 0 Å². The largest absolute Gasteiger partial charge is 0.339 e. The summed E-state index contributed by atoms with van der Waals surface area (Å²) in [4.78, 5) is 8.34. The van der Waals surface area contributed by atoms with Gasteiger partial charge < -0.3 is 5.32 Å². The molecule has 0 unspecified atom stereocenters. The number of hydrogen-bond acceptors (Lipinski definition) is 6. The van der Waals surface area contributed by atoms with E-state index in [9.17, 15) is 5.26 Å². The first kappa shape index (κ1) is 17.0. The van der Waals surface area contributed by atoms with Gasteiger partial charge in [-0.15, -0.1) is 11.8 Å². The standard InChI is InChI=1S/C18H18N6S/c1-12-7-13(2)24(23-12)10-14-5-4-6-15(8-14)22-17-16(9-19)18(25-3)21-11-20-17/h4-8,11H,10H2,1-3H3,(H,20,21,22). The Morgan fingerprint density at radius 3 is 2.76 bits per heavy atom. The third-order valence-electron chi connectivity index (χ3n) is 3.74. The second-order valence-electron chi connectivity index (χ2n) is 5.63. The fourth-order valence-electron chi connectivity index (χ4n) is 2.61. The number of nitriles is 1. The highest BCUT2D eigenvalue weighted by molar-refractivity contribution is 7.98. The van der Waals surface area contributed by atoms with Gasteiger partial charge in [0.25, 0.3) is 0 Å². The van der Waals surface area contributed by atoms with Crippen LogP contribution in [0.5, 0.6) is 0 Å². The van der Waals surface area contributed by atoms with Crippen LogP contribution in [-0.4, -0.2) is 26.0 Å². The van der Waals surface area contributed by atoms with Crippen LogP contribution < -0.4 is 5.32 Å². The minimum Gasteiger partial charge on any atom is -0.339 e. The van der Waals surface area contributed by atoms with Crippen molar-refractivity contribution in [3.05, 3.63) is 59.2 Å². The normalized spacial score (nSPS) is 10.5. The summed E-state index contributed by atoms with van der Waals surface area (Å²) in [5, 5.41) is 17.8. The molecule has 0 saturated heterocycles. The maximum Gasteiger partial charge on any atom is 0.152 e. The van der Waals surface area contributed by atoms with Gasteiger partial charge in [-0.1, -0.05) is 12.1 Å². The van der Waals surface area contributed by atoms with Crippen LogP contribution in [0.1, 0.15) is 22.5 Å². The van der Waals surface area contributed by atoms with Gasteiger partial charge in [0.05, 0.1) is 12.2 Å². The molecule has 0 saturated carbocycles. The number of hydrogen-bond donors (Lipinski definition) is 1. The van der Waals surface area contributed by atoms with Crippen LogP contribution in [0.4, 0.5) is 11.5 Å². The molecule has 3 rings (SSSR count). The third kappa shape index (κ3) is 3.80. The molecule has 3 aromatic rings. The van der Waals surface area contributed by atoms with Crippen LogP contribution in [0.15, 0.2) is 41.7 Å². The second-order valence-corrected chi connectivity index (χ2v) is 6.42. The van der Waals surface area contributed by atoms with Gasteiger partial charge in [-0.2, -0.15) is 10.4 Å². The van der Waals surface area contributed by atoms with Gasteiger partial charge in [0.2, 0.25) is 0 Å². The van der Waals surface area contributed by atoms with E-state index in [1.165, 1.54) is 18.1 Å². The van der Waals surface area contributed by atoms with E-state index < -0.39 is 0 Å². The maximum atomic E-state index is 9.40. The molecule has 1 aromatic carbocycles. The lowest BCUT2D eigenvalue weighted by molar-refractivity contribution is 0.659. The van der Waals surface area contributed by atoms with Crippen molar-refractivity contribution >= 4 is 23.3 Å². The molecule has 2 aromatic heterocycles. The quantitative estimate of drug-likeness (QED) is 0.558. The number of nitrogens with one attached hydrogen (secondary N) is 1. The van der Waals surface area contributed by atoms with Gasteiger partial charge in [-0.25, -0.2) is 9.97 Å². The Morgan fingerprint density at radius 2 is 2.08 bits per heavy atom. The molecule has 0 radical (unpaired) electrons. The zero-order valence-electron chi connectivity index (χ0n) is 14.3. The number of aryl methyl sites for hydroxylation is 2. The molecule has 6 nitrogen and oxygen atoms in total. The Kier molecular flexibility index (Phi) is 5.00. The summed E-state index contributed by atoms with van der Waals surface area (Å²) in [6, 6.07) is 12.3. The third-order valence-corrected chi connectivity index (χ3v) is 4.44. The van der Waals surface area contributed by atoms with Crippen LogP contribution in [0.3, 0.4) is 0 Å². The van der Waals surface area contributed by atoms with Gasteiger partial charge in [-0.05, 0) is 43.9 Å². The number of rotatable bonds is 5. The van der Waals surface area contributed by atoms with E-state index >= 15 is 0 Å². The van der Waals surface area contributed by atoms with Gasteiger partial charge in [-0.3, -0.25) is 4.68 Å². The molecule has 0 spiro atoms. The lowest BCUT2D eigenvalue weighted by atomic mass is 10.2. The highest BCUT2D eigenvalue weighted by Gasteiger charge is 2.11. The lowest BCUT2D eigenvalue weighted by Crippen LogP contribution is -2.05. The Labute approximate surface area is 150 Å². The van der Waals surface area contributed by atoms with Gasteiger partial charge >= 0.3 is 0 Å².